The fourth-order valence-corrected chi connectivity index (χ4v) is 6.75. The average molecular weight is 498 g/mol. The highest BCUT2D eigenvalue weighted by Gasteiger charge is 2.72. The van der Waals surface area contributed by atoms with Crippen molar-refractivity contribution in [1.82, 2.24) is 10.2 Å². The molecule has 0 radical (unpaired) electrons. The lowest BCUT2D eigenvalue weighted by molar-refractivity contribution is -0.141. The van der Waals surface area contributed by atoms with Crippen LogP contribution in [0.5, 0.6) is 0 Å². The standard InChI is InChI=1S/C27H35N3O4S/c1-3-4-15-30-23(25(32)28-17-9-6-5-7-10-17)27-14-13-20(34-27)21(22(27)26(30)33)24(31)29-18-11-8-12-19(16-18)35-2/h8,11-14,16-17,20-23H,3-7,9-10,15H2,1-2H3,(H,28,32)(H,29,31)/t20-,21+,22-,23-,27+/m1/s1. The fraction of sp³-hybridized carbons (Fsp3) is 0.593. The zero-order valence-corrected chi connectivity index (χ0v) is 21.3. The van der Waals surface area contributed by atoms with Crippen molar-refractivity contribution in [1.29, 1.82) is 0 Å². The number of hydrogen-bond acceptors (Lipinski definition) is 5. The molecule has 5 atom stereocenters. The van der Waals surface area contributed by atoms with Crippen molar-refractivity contribution in [2.75, 3.05) is 18.1 Å². The Balaban J connectivity index is 1.41. The zero-order valence-electron chi connectivity index (χ0n) is 20.5. The van der Waals surface area contributed by atoms with Gasteiger partial charge in [-0.15, -0.1) is 11.8 Å². The molecule has 3 aliphatic heterocycles. The van der Waals surface area contributed by atoms with E-state index in [0.29, 0.717) is 12.2 Å². The van der Waals surface area contributed by atoms with Crippen LogP contribution >= 0.6 is 11.8 Å². The summed E-state index contributed by atoms with van der Waals surface area (Å²) in [6.07, 6.45) is 12.3. The smallest absolute Gasteiger partial charge is 0.246 e. The third-order valence-corrected chi connectivity index (χ3v) is 8.69. The number of hydrogen-bond donors (Lipinski definition) is 2. The van der Waals surface area contributed by atoms with Crippen molar-refractivity contribution in [3.05, 3.63) is 36.4 Å². The summed E-state index contributed by atoms with van der Waals surface area (Å²) in [6, 6.07) is 7.06. The molecule has 8 heteroatoms. The first-order chi connectivity index (χ1) is 17.0. The van der Waals surface area contributed by atoms with Gasteiger partial charge in [0.15, 0.2) is 0 Å². The Morgan fingerprint density at radius 3 is 2.74 bits per heavy atom. The average Bonchev–Trinajstić information content (AvgIpc) is 3.50. The van der Waals surface area contributed by atoms with Crippen LogP contribution < -0.4 is 10.6 Å². The van der Waals surface area contributed by atoms with Crippen LogP contribution in [0.1, 0.15) is 51.9 Å². The van der Waals surface area contributed by atoms with E-state index >= 15 is 0 Å². The van der Waals surface area contributed by atoms with Gasteiger partial charge in [0, 0.05) is 23.2 Å². The molecule has 7 nitrogen and oxygen atoms in total. The van der Waals surface area contributed by atoms with E-state index in [0.717, 1.165) is 43.4 Å². The minimum absolute atomic E-state index is 0.139. The Labute approximate surface area is 211 Å². The van der Waals surface area contributed by atoms with Crippen molar-refractivity contribution in [2.45, 2.75) is 80.6 Å². The molecule has 2 N–H and O–H groups in total. The highest BCUT2D eigenvalue weighted by atomic mass is 32.2. The summed E-state index contributed by atoms with van der Waals surface area (Å²) in [5.74, 6) is -1.89. The first-order valence-corrected chi connectivity index (χ1v) is 14.1. The molecule has 1 spiro atoms. The molecular weight excluding hydrogens is 462 g/mol. The summed E-state index contributed by atoms with van der Waals surface area (Å²) in [4.78, 5) is 43.7. The molecule has 1 aromatic carbocycles. The molecule has 3 fully saturated rings. The maximum Gasteiger partial charge on any atom is 0.246 e. The van der Waals surface area contributed by atoms with Gasteiger partial charge in [-0.1, -0.05) is 50.8 Å². The number of thioether (sulfide) groups is 1. The highest BCUT2D eigenvalue weighted by Crippen LogP contribution is 2.55. The van der Waals surface area contributed by atoms with Gasteiger partial charge in [-0.25, -0.2) is 0 Å². The molecule has 1 aliphatic carbocycles. The molecule has 188 valence electrons. The molecule has 3 amide bonds. The van der Waals surface area contributed by atoms with Gasteiger partial charge in [-0.2, -0.15) is 0 Å². The Morgan fingerprint density at radius 1 is 1.20 bits per heavy atom. The molecule has 0 aromatic heterocycles. The van der Waals surface area contributed by atoms with Crippen LogP contribution in [-0.2, 0) is 19.1 Å². The van der Waals surface area contributed by atoms with Crippen molar-refractivity contribution < 1.29 is 19.1 Å². The fourth-order valence-electron chi connectivity index (χ4n) is 6.29. The van der Waals surface area contributed by atoms with Crippen molar-refractivity contribution in [3.8, 4) is 0 Å². The number of carbonyl (C=O) groups excluding carboxylic acids is 3. The van der Waals surface area contributed by atoms with Crippen LogP contribution in [0.3, 0.4) is 0 Å². The molecular formula is C27H35N3O4S. The minimum atomic E-state index is -1.09. The molecule has 2 saturated heterocycles. The summed E-state index contributed by atoms with van der Waals surface area (Å²) in [6.45, 7) is 2.56. The predicted octanol–water partition coefficient (Wildman–Crippen LogP) is 3.75. The van der Waals surface area contributed by atoms with E-state index in [2.05, 4.69) is 17.6 Å². The first kappa shape index (κ1) is 24.4. The monoisotopic (exact) mass is 497 g/mol. The number of nitrogens with zero attached hydrogens (tertiary/aromatic N) is 1. The lowest BCUT2D eigenvalue weighted by Gasteiger charge is -2.34. The Morgan fingerprint density at radius 2 is 2.00 bits per heavy atom. The summed E-state index contributed by atoms with van der Waals surface area (Å²) in [5, 5.41) is 6.23. The molecule has 35 heavy (non-hydrogen) atoms. The maximum absolute atomic E-state index is 13.8. The van der Waals surface area contributed by atoms with Crippen molar-refractivity contribution >= 4 is 35.2 Å². The largest absolute Gasteiger partial charge is 0.359 e. The number of benzene rings is 1. The van der Waals surface area contributed by atoms with Gasteiger partial charge >= 0.3 is 0 Å². The number of anilines is 1. The summed E-state index contributed by atoms with van der Waals surface area (Å²) in [5.41, 5.74) is -0.389. The van der Waals surface area contributed by atoms with E-state index in [-0.39, 0.29) is 23.8 Å². The number of likely N-dealkylation sites (tertiary alicyclic amines) is 1. The molecule has 4 aliphatic rings. The molecule has 2 bridgehead atoms. The predicted molar refractivity (Wildman–Crippen MR) is 136 cm³/mol. The highest BCUT2D eigenvalue weighted by molar-refractivity contribution is 7.98. The third-order valence-electron chi connectivity index (χ3n) is 7.97. The molecule has 1 saturated carbocycles. The molecule has 0 unspecified atom stereocenters. The van der Waals surface area contributed by atoms with E-state index < -0.39 is 29.6 Å². The van der Waals surface area contributed by atoms with E-state index in [1.54, 1.807) is 16.7 Å². The number of carbonyl (C=O) groups is 3. The lowest BCUT2D eigenvalue weighted by atomic mass is 9.74. The SMILES string of the molecule is CCCCN1C(=O)[C@H]2[C@@H](C(=O)Nc3cccc(SC)c3)[C@H]3C=C[C@@]2(O3)[C@H]1C(=O)NC1CCCCC1. The normalized spacial score (nSPS) is 31.6. The van der Waals surface area contributed by atoms with Gasteiger partial charge < -0.3 is 20.3 Å². The van der Waals surface area contributed by atoms with E-state index in [4.69, 9.17) is 4.74 Å². The second-order valence-electron chi connectivity index (χ2n) is 10.2. The quantitative estimate of drug-likeness (QED) is 0.422. The Bertz CT molecular complexity index is 1020. The van der Waals surface area contributed by atoms with E-state index in [1.807, 2.05) is 42.7 Å². The van der Waals surface area contributed by atoms with Gasteiger partial charge in [0.1, 0.15) is 11.6 Å². The van der Waals surface area contributed by atoms with Crippen LogP contribution in [0.15, 0.2) is 41.3 Å². The minimum Gasteiger partial charge on any atom is -0.359 e. The number of amides is 3. The first-order valence-electron chi connectivity index (χ1n) is 12.9. The van der Waals surface area contributed by atoms with E-state index in [9.17, 15) is 14.4 Å². The molecule has 3 heterocycles. The Kier molecular flexibility index (Phi) is 6.95. The van der Waals surface area contributed by atoms with E-state index in [1.165, 1.54) is 6.42 Å². The maximum atomic E-state index is 13.8. The number of nitrogens with one attached hydrogen (secondary N) is 2. The van der Waals surface area contributed by atoms with Crippen LogP contribution in [0.4, 0.5) is 5.69 Å². The van der Waals surface area contributed by atoms with Crippen LogP contribution in [0, 0.1) is 11.8 Å². The van der Waals surface area contributed by atoms with Gasteiger partial charge in [0.25, 0.3) is 0 Å². The molecule has 1 aromatic rings. The topological polar surface area (TPSA) is 87.7 Å². The van der Waals surface area contributed by atoms with Gasteiger partial charge in [0.2, 0.25) is 17.7 Å². The van der Waals surface area contributed by atoms with Crippen LogP contribution in [0.2, 0.25) is 0 Å². The number of unbranched alkanes of at least 4 members (excludes halogenated alkanes) is 1. The van der Waals surface area contributed by atoms with Gasteiger partial charge in [-0.3, -0.25) is 14.4 Å². The van der Waals surface area contributed by atoms with Crippen LogP contribution in [0.25, 0.3) is 0 Å². The third kappa shape index (κ3) is 4.29. The van der Waals surface area contributed by atoms with Crippen LogP contribution in [-0.4, -0.2) is 59.2 Å². The number of ether oxygens (including phenoxy) is 1. The van der Waals surface area contributed by atoms with Gasteiger partial charge in [-0.05, 0) is 43.7 Å². The van der Waals surface area contributed by atoms with Crippen molar-refractivity contribution in [2.24, 2.45) is 11.8 Å². The number of rotatable bonds is 8. The summed E-state index contributed by atoms with van der Waals surface area (Å²) in [7, 11) is 0. The summed E-state index contributed by atoms with van der Waals surface area (Å²) < 4.78 is 6.40. The number of fused-ring (bicyclic) bond motifs is 1. The Hall–Kier alpha value is -2.32. The lowest BCUT2D eigenvalue weighted by Crippen LogP contribution is -2.56. The second kappa shape index (κ2) is 9.97. The molecule has 5 rings (SSSR count). The van der Waals surface area contributed by atoms with Crippen molar-refractivity contribution in [3.63, 3.8) is 0 Å². The zero-order chi connectivity index (χ0) is 24.6. The van der Waals surface area contributed by atoms with Gasteiger partial charge in [0.05, 0.1) is 17.9 Å². The second-order valence-corrected chi connectivity index (χ2v) is 11.0. The summed E-state index contributed by atoms with van der Waals surface area (Å²) >= 11 is 1.60.